The highest BCUT2D eigenvalue weighted by atomic mass is 32.2. The summed E-state index contributed by atoms with van der Waals surface area (Å²) in [5.74, 6) is 2.28. The molecule has 0 aromatic carbocycles. The van der Waals surface area contributed by atoms with Crippen LogP contribution in [0.2, 0.25) is 0 Å². The molecule has 0 aliphatic carbocycles. The van der Waals surface area contributed by atoms with Crippen LogP contribution in [0.4, 0.5) is 0 Å². The molecule has 21 heavy (non-hydrogen) atoms. The Kier molecular flexibility index (Phi) is 3.81. The fraction of sp³-hybridized carbons (Fsp3) is 0.385. The van der Waals surface area contributed by atoms with Crippen molar-refractivity contribution in [3.8, 4) is 10.7 Å². The van der Waals surface area contributed by atoms with Gasteiger partial charge in [-0.25, -0.2) is 4.98 Å². The van der Waals surface area contributed by atoms with Crippen LogP contribution in [-0.2, 0) is 11.3 Å². The van der Waals surface area contributed by atoms with E-state index < -0.39 is 0 Å². The molecule has 6 nitrogen and oxygen atoms in total. The molecule has 3 aromatic heterocycles. The van der Waals surface area contributed by atoms with Gasteiger partial charge >= 0.3 is 0 Å². The first-order chi connectivity index (χ1) is 10.0. The number of nitrogens with zero attached hydrogens (tertiary/aromatic N) is 5. The summed E-state index contributed by atoms with van der Waals surface area (Å²) in [5, 5.41) is 18.3. The van der Waals surface area contributed by atoms with Crippen molar-refractivity contribution >= 4 is 23.1 Å². The molecule has 0 bridgehead atoms. The third kappa shape index (κ3) is 3.16. The average Bonchev–Trinajstić information content (AvgIpc) is 3.16. The van der Waals surface area contributed by atoms with E-state index in [1.54, 1.807) is 29.4 Å². The van der Waals surface area contributed by atoms with Gasteiger partial charge in [0.1, 0.15) is 12.2 Å². The van der Waals surface area contributed by atoms with E-state index in [-0.39, 0.29) is 5.54 Å². The second-order valence-electron chi connectivity index (χ2n) is 5.53. The highest BCUT2D eigenvalue weighted by Crippen LogP contribution is 2.26. The van der Waals surface area contributed by atoms with Gasteiger partial charge in [0.15, 0.2) is 11.0 Å². The Labute approximate surface area is 131 Å². The number of hydrogen-bond acceptors (Lipinski definition) is 6. The standard InChI is InChI=1S/C13H16N6S2/c1-13(2,3)19-8-14-18-12(19)21-7-10-15-11(17-16-10)9-5-4-6-20-9/h4-6,8H,7H2,1-3H3,(H,15,16,17). The molecule has 0 amide bonds. The zero-order valence-electron chi connectivity index (χ0n) is 12.1. The first kappa shape index (κ1) is 14.3. The first-order valence-electron chi connectivity index (χ1n) is 6.52. The fourth-order valence-electron chi connectivity index (χ4n) is 1.79. The number of aromatic amines is 1. The number of thiophene rings is 1. The van der Waals surface area contributed by atoms with E-state index in [0.717, 1.165) is 21.7 Å². The molecule has 0 aliphatic heterocycles. The summed E-state index contributed by atoms with van der Waals surface area (Å²) in [5.41, 5.74) is -0.0324. The van der Waals surface area contributed by atoms with Crippen LogP contribution in [0.15, 0.2) is 29.0 Å². The van der Waals surface area contributed by atoms with Crippen LogP contribution >= 0.6 is 23.1 Å². The minimum absolute atomic E-state index is 0.0324. The molecule has 0 radical (unpaired) electrons. The molecule has 0 saturated carbocycles. The Balaban J connectivity index is 1.70. The topological polar surface area (TPSA) is 72.3 Å². The SMILES string of the molecule is CC(C)(C)n1cnnc1SCc1nc(-c2cccs2)n[nH]1. The van der Waals surface area contributed by atoms with Crippen molar-refractivity contribution in [3.05, 3.63) is 29.7 Å². The molecular formula is C13H16N6S2. The second kappa shape index (κ2) is 5.61. The summed E-state index contributed by atoms with van der Waals surface area (Å²) in [6.45, 7) is 6.39. The molecular weight excluding hydrogens is 304 g/mol. The number of rotatable bonds is 4. The van der Waals surface area contributed by atoms with Crippen molar-refractivity contribution < 1.29 is 0 Å². The largest absolute Gasteiger partial charge is 0.303 e. The highest BCUT2D eigenvalue weighted by Gasteiger charge is 2.18. The van der Waals surface area contributed by atoms with Gasteiger partial charge in [-0.2, -0.15) is 5.10 Å². The second-order valence-corrected chi connectivity index (χ2v) is 7.42. The molecule has 0 fully saturated rings. The minimum atomic E-state index is -0.0324. The van der Waals surface area contributed by atoms with Crippen LogP contribution in [0, 0.1) is 0 Å². The number of thioether (sulfide) groups is 1. The Morgan fingerprint density at radius 2 is 2.24 bits per heavy atom. The predicted molar refractivity (Wildman–Crippen MR) is 84.3 cm³/mol. The lowest BCUT2D eigenvalue weighted by molar-refractivity contribution is 0.367. The van der Waals surface area contributed by atoms with Crippen LogP contribution in [0.3, 0.4) is 0 Å². The maximum absolute atomic E-state index is 4.51. The molecule has 0 unspecified atom stereocenters. The number of nitrogens with one attached hydrogen (secondary N) is 1. The Morgan fingerprint density at radius 3 is 2.95 bits per heavy atom. The van der Waals surface area contributed by atoms with E-state index in [1.165, 1.54) is 0 Å². The molecule has 0 atom stereocenters. The van der Waals surface area contributed by atoms with Crippen molar-refractivity contribution in [3.63, 3.8) is 0 Å². The lowest BCUT2D eigenvalue weighted by Crippen LogP contribution is -2.21. The summed E-state index contributed by atoms with van der Waals surface area (Å²) >= 11 is 3.24. The highest BCUT2D eigenvalue weighted by molar-refractivity contribution is 7.98. The van der Waals surface area contributed by atoms with Gasteiger partial charge < -0.3 is 4.57 Å². The van der Waals surface area contributed by atoms with Crippen LogP contribution in [-0.4, -0.2) is 29.9 Å². The summed E-state index contributed by atoms with van der Waals surface area (Å²) in [4.78, 5) is 5.58. The molecule has 1 N–H and O–H groups in total. The first-order valence-corrected chi connectivity index (χ1v) is 8.39. The summed E-state index contributed by atoms with van der Waals surface area (Å²) in [7, 11) is 0. The van der Waals surface area contributed by atoms with Crippen molar-refractivity contribution in [2.24, 2.45) is 0 Å². The molecule has 0 saturated heterocycles. The number of hydrogen-bond donors (Lipinski definition) is 1. The van der Waals surface area contributed by atoms with Crippen LogP contribution < -0.4 is 0 Å². The fourth-order valence-corrected chi connectivity index (χ4v) is 3.41. The molecule has 3 aromatic rings. The van der Waals surface area contributed by atoms with Crippen LogP contribution in [0.25, 0.3) is 10.7 Å². The van der Waals surface area contributed by atoms with Gasteiger partial charge in [-0.05, 0) is 32.2 Å². The average molecular weight is 320 g/mol. The normalized spacial score (nSPS) is 12.0. The molecule has 0 aliphatic rings. The van der Waals surface area contributed by atoms with E-state index in [4.69, 9.17) is 0 Å². The zero-order chi connectivity index (χ0) is 14.9. The van der Waals surface area contributed by atoms with Gasteiger partial charge in [-0.1, -0.05) is 17.8 Å². The monoisotopic (exact) mass is 320 g/mol. The lowest BCUT2D eigenvalue weighted by Gasteiger charge is -2.21. The van der Waals surface area contributed by atoms with Crippen molar-refractivity contribution in [2.75, 3.05) is 0 Å². The van der Waals surface area contributed by atoms with Crippen LogP contribution in [0.1, 0.15) is 26.6 Å². The van der Waals surface area contributed by atoms with Gasteiger partial charge in [0.05, 0.1) is 10.6 Å². The van der Waals surface area contributed by atoms with Gasteiger partial charge in [-0.3, -0.25) is 5.10 Å². The van der Waals surface area contributed by atoms with Crippen LogP contribution in [0.5, 0.6) is 0 Å². The lowest BCUT2D eigenvalue weighted by atomic mass is 10.1. The van der Waals surface area contributed by atoms with E-state index in [2.05, 4.69) is 50.7 Å². The predicted octanol–water partition coefficient (Wildman–Crippen LogP) is 3.17. The van der Waals surface area contributed by atoms with Crippen molar-refractivity contribution in [1.82, 2.24) is 29.9 Å². The molecule has 3 heterocycles. The molecule has 110 valence electrons. The Morgan fingerprint density at radius 1 is 1.38 bits per heavy atom. The summed E-state index contributed by atoms with van der Waals surface area (Å²) in [6, 6.07) is 4.01. The van der Waals surface area contributed by atoms with Gasteiger partial charge in [0.25, 0.3) is 0 Å². The summed E-state index contributed by atoms with van der Waals surface area (Å²) < 4.78 is 2.06. The maximum Gasteiger partial charge on any atom is 0.191 e. The molecule has 8 heteroatoms. The van der Waals surface area contributed by atoms with E-state index in [0.29, 0.717) is 5.75 Å². The third-order valence-electron chi connectivity index (χ3n) is 2.85. The Bertz CT molecular complexity index is 707. The molecule has 0 spiro atoms. The van der Waals surface area contributed by atoms with E-state index in [9.17, 15) is 0 Å². The van der Waals surface area contributed by atoms with Gasteiger partial charge in [0, 0.05) is 5.54 Å². The van der Waals surface area contributed by atoms with Crippen molar-refractivity contribution in [2.45, 2.75) is 37.2 Å². The van der Waals surface area contributed by atoms with E-state index >= 15 is 0 Å². The summed E-state index contributed by atoms with van der Waals surface area (Å²) in [6.07, 6.45) is 1.76. The van der Waals surface area contributed by atoms with Crippen molar-refractivity contribution in [1.29, 1.82) is 0 Å². The third-order valence-corrected chi connectivity index (χ3v) is 4.67. The minimum Gasteiger partial charge on any atom is -0.303 e. The zero-order valence-corrected chi connectivity index (χ0v) is 13.7. The number of H-pyrrole nitrogens is 1. The maximum atomic E-state index is 4.51. The quantitative estimate of drug-likeness (QED) is 0.748. The van der Waals surface area contributed by atoms with Gasteiger partial charge in [0.2, 0.25) is 0 Å². The smallest absolute Gasteiger partial charge is 0.191 e. The number of aromatic nitrogens is 6. The van der Waals surface area contributed by atoms with Gasteiger partial charge in [-0.15, -0.1) is 21.5 Å². The van der Waals surface area contributed by atoms with E-state index in [1.807, 2.05) is 17.5 Å². The Hall–Kier alpha value is -1.67. The molecule has 3 rings (SSSR count).